The predicted molar refractivity (Wildman–Crippen MR) is 42.6 cm³/mol. The van der Waals surface area contributed by atoms with Gasteiger partial charge in [-0.3, -0.25) is 4.99 Å². The van der Waals surface area contributed by atoms with Crippen LogP contribution in [0.1, 0.15) is 13.3 Å². The third-order valence-corrected chi connectivity index (χ3v) is 1.45. The molecule has 0 aromatic carbocycles. The zero-order valence-corrected chi connectivity index (χ0v) is 6.34. The summed E-state index contributed by atoms with van der Waals surface area (Å²) in [7, 11) is 0. The molecule has 0 atom stereocenters. The lowest BCUT2D eigenvalue weighted by Gasteiger charge is -1.86. The molecule has 0 N–H and O–H groups in total. The molecule has 1 heterocycles. The highest BCUT2D eigenvalue weighted by atomic mass is 16.5. The SMILES string of the molecule is CCN=C/C=C1/CCOC1. The minimum absolute atomic E-state index is 0.801. The van der Waals surface area contributed by atoms with Gasteiger partial charge >= 0.3 is 0 Å². The minimum atomic E-state index is 0.801. The Balaban J connectivity index is 2.31. The zero-order chi connectivity index (χ0) is 7.23. The van der Waals surface area contributed by atoms with Crippen LogP contribution in [0.2, 0.25) is 0 Å². The van der Waals surface area contributed by atoms with Crippen molar-refractivity contribution in [2.24, 2.45) is 4.99 Å². The Bertz CT molecular complexity index is 141. The summed E-state index contributed by atoms with van der Waals surface area (Å²) in [5.74, 6) is 0. The maximum Gasteiger partial charge on any atom is 0.0681 e. The molecule has 0 spiro atoms. The molecule has 1 fully saturated rings. The Hall–Kier alpha value is -0.630. The molecule has 1 aliphatic rings. The lowest BCUT2D eigenvalue weighted by atomic mass is 10.2. The molecule has 0 saturated carbocycles. The average molecular weight is 139 g/mol. The van der Waals surface area contributed by atoms with E-state index in [1.165, 1.54) is 5.57 Å². The number of aliphatic imine (C=N–C) groups is 1. The Labute approximate surface area is 61.6 Å². The summed E-state index contributed by atoms with van der Waals surface area (Å²) in [5, 5.41) is 0. The summed E-state index contributed by atoms with van der Waals surface area (Å²) in [5.41, 5.74) is 1.36. The summed E-state index contributed by atoms with van der Waals surface area (Å²) >= 11 is 0. The van der Waals surface area contributed by atoms with Crippen LogP contribution in [0.5, 0.6) is 0 Å². The van der Waals surface area contributed by atoms with Crippen LogP contribution in [-0.4, -0.2) is 26.0 Å². The van der Waals surface area contributed by atoms with Crippen molar-refractivity contribution in [3.05, 3.63) is 11.6 Å². The Morgan fingerprint density at radius 2 is 2.60 bits per heavy atom. The molecule has 1 rings (SSSR count). The number of nitrogens with zero attached hydrogens (tertiary/aromatic N) is 1. The first-order valence-corrected chi connectivity index (χ1v) is 3.69. The van der Waals surface area contributed by atoms with Crippen LogP contribution >= 0.6 is 0 Å². The lowest BCUT2D eigenvalue weighted by Crippen LogP contribution is -1.81. The first kappa shape index (κ1) is 7.48. The van der Waals surface area contributed by atoms with Gasteiger partial charge in [0.25, 0.3) is 0 Å². The van der Waals surface area contributed by atoms with Gasteiger partial charge in [-0.25, -0.2) is 0 Å². The molecule has 1 saturated heterocycles. The van der Waals surface area contributed by atoms with Gasteiger partial charge in [0.1, 0.15) is 0 Å². The van der Waals surface area contributed by atoms with Crippen molar-refractivity contribution in [3.63, 3.8) is 0 Å². The molecule has 0 amide bonds. The van der Waals surface area contributed by atoms with Gasteiger partial charge in [-0.05, 0) is 25.0 Å². The quantitative estimate of drug-likeness (QED) is 0.530. The first-order chi connectivity index (χ1) is 4.93. The molecule has 2 nitrogen and oxygen atoms in total. The van der Waals surface area contributed by atoms with Gasteiger partial charge in [-0.15, -0.1) is 0 Å². The van der Waals surface area contributed by atoms with E-state index in [0.29, 0.717) is 0 Å². The highest BCUT2D eigenvalue weighted by Gasteiger charge is 2.03. The van der Waals surface area contributed by atoms with E-state index in [0.717, 1.165) is 26.2 Å². The Morgan fingerprint density at radius 3 is 3.20 bits per heavy atom. The standard InChI is InChI=1S/C8H13NO/c1-2-9-5-3-8-4-6-10-7-8/h3,5H,2,4,6-7H2,1H3/b8-3-,9-5?. The van der Waals surface area contributed by atoms with Crippen molar-refractivity contribution >= 4 is 6.21 Å². The molecule has 0 radical (unpaired) electrons. The number of ether oxygens (including phenoxy) is 1. The van der Waals surface area contributed by atoms with Crippen molar-refractivity contribution in [2.45, 2.75) is 13.3 Å². The second-order valence-corrected chi connectivity index (χ2v) is 2.28. The van der Waals surface area contributed by atoms with E-state index in [1.54, 1.807) is 0 Å². The van der Waals surface area contributed by atoms with Crippen LogP contribution in [0.4, 0.5) is 0 Å². The van der Waals surface area contributed by atoms with Gasteiger partial charge in [0.15, 0.2) is 0 Å². The summed E-state index contributed by atoms with van der Waals surface area (Å²) in [4.78, 5) is 4.08. The fourth-order valence-electron chi connectivity index (χ4n) is 0.874. The van der Waals surface area contributed by atoms with E-state index in [1.807, 2.05) is 13.1 Å². The fourth-order valence-corrected chi connectivity index (χ4v) is 0.874. The van der Waals surface area contributed by atoms with Crippen LogP contribution in [0.15, 0.2) is 16.6 Å². The molecule has 0 aromatic rings. The van der Waals surface area contributed by atoms with Crippen LogP contribution in [0.25, 0.3) is 0 Å². The number of hydrogen-bond donors (Lipinski definition) is 0. The fraction of sp³-hybridized carbons (Fsp3) is 0.625. The molecule has 0 bridgehead atoms. The van der Waals surface area contributed by atoms with E-state index in [2.05, 4.69) is 11.1 Å². The smallest absolute Gasteiger partial charge is 0.0681 e. The number of rotatable bonds is 2. The summed E-state index contributed by atoms with van der Waals surface area (Å²) < 4.78 is 5.16. The molecule has 10 heavy (non-hydrogen) atoms. The maximum absolute atomic E-state index is 5.16. The summed E-state index contributed by atoms with van der Waals surface area (Å²) in [6, 6.07) is 0. The zero-order valence-electron chi connectivity index (χ0n) is 6.34. The van der Waals surface area contributed by atoms with Gasteiger partial charge in [-0.1, -0.05) is 0 Å². The van der Waals surface area contributed by atoms with E-state index < -0.39 is 0 Å². The Kier molecular flexibility index (Phi) is 3.16. The number of allylic oxidation sites excluding steroid dienone is 1. The average Bonchev–Trinajstić information content (AvgIpc) is 2.41. The molecule has 0 aliphatic carbocycles. The third-order valence-electron chi connectivity index (χ3n) is 1.45. The number of hydrogen-bond acceptors (Lipinski definition) is 2. The van der Waals surface area contributed by atoms with Gasteiger partial charge in [0, 0.05) is 12.8 Å². The van der Waals surface area contributed by atoms with Crippen LogP contribution < -0.4 is 0 Å². The Morgan fingerprint density at radius 1 is 1.70 bits per heavy atom. The van der Waals surface area contributed by atoms with Crippen molar-refractivity contribution in [3.8, 4) is 0 Å². The molecular formula is C8H13NO. The first-order valence-electron chi connectivity index (χ1n) is 3.69. The molecule has 0 unspecified atom stereocenters. The van der Waals surface area contributed by atoms with E-state index >= 15 is 0 Å². The third kappa shape index (κ3) is 2.31. The summed E-state index contributed by atoms with van der Waals surface area (Å²) in [6.07, 6.45) is 5.00. The second-order valence-electron chi connectivity index (χ2n) is 2.28. The van der Waals surface area contributed by atoms with Gasteiger partial charge in [0.05, 0.1) is 13.2 Å². The van der Waals surface area contributed by atoms with E-state index in [9.17, 15) is 0 Å². The second kappa shape index (κ2) is 4.23. The maximum atomic E-state index is 5.16. The molecular weight excluding hydrogens is 126 g/mol. The monoisotopic (exact) mass is 139 g/mol. The van der Waals surface area contributed by atoms with Gasteiger partial charge < -0.3 is 4.74 Å². The highest BCUT2D eigenvalue weighted by molar-refractivity contribution is 5.72. The van der Waals surface area contributed by atoms with Crippen LogP contribution in [0.3, 0.4) is 0 Å². The van der Waals surface area contributed by atoms with Gasteiger partial charge in [0.2, 0.25) is 0 Å². The lowest BCUT2D eigenvalue weighted by molar-refractivity contribution is 0.204. The normalized spacial score (nSPS) is 23.1. The van der Waals surface area contributed by atoms with Crippen molar-refractivity contribution in [1.82, 2.24) is 0 Å². The molecule has 56 valence electrons. The van der Waals surface area contributed by atoms with Crippen molar-refractivity contribution in [1.29, 1.82) is 0 Å². The van der Waals surface area contributed by atoms with E-state index in [-0.39, 0.29) is 0 Å². The molecule has 0 aromatic heterocycles. The molecule has 1 aliphatic heterocycles. The van der Waals surface area contributed by atoms with Crippen LogP contribution in [-0.2, 0) is 4.74 Å². The van der Waals surface area contributed by atoms with Crippen molar-refractivity contribution < 1.29 is 4.74 Å². The molecule has 2 heteroatoms. The van der Waals surface area contributed by atoms with Crippen molar-refractivity contribution in [2.75, 3.05) is 19.8 Å². The highest BCUT2D eigenvalue weighted by Crippen LogP contribution is 2.08. The van der Waals surface area contributed by atoms with Crippen LogP contribution in [0, 0.1) is 0 Å². The van der Waals surface area contributed by atoms with Gasteiger partial charge in [-0.2, -0.15) is 0 Å². The van der Waals surface area contributed by atoms with E-state index in [4.69, 9.17) is 4.74 Å². The topological polar surface area (TPSA) is 21.6 Å². The predicted octanol–water partition coefficient (Wildman–Crippen LogP) is 1.42. The summed E-state index contributed by atoms with van der Waals surface area (Å²) in [6.45, 7) is 4.58. The minimum Gasteiger partial charge on any atom is -0.377 e. The largest absolute Gasteiger partial charge is 0.377 e.